The molecule has 2 nitrogen and oxygen atoms in total. The summed E-state index contributed by atoms with van der Waals surface area (Å²) >= 11 is 1.62. The Hall–Kier alpha value is -0.190. The summed E-state index contributed by atoms with van der Waals surface area (Å²) in [5, 5.41) is -0.214. The van der Waals surface area contributed by atoms with Crippen molar-refractivity contribution < 1.29 is 8.76 Å². The normalized spacial score (nSPS) is 15.3. The molecule has 0 fully saturated rings. The predicted molar refractivity (Wildman–Crippen MR) is 58.1 cm³/mol. The first-order valence-corrected chi connectivity index (χ1v) is 5.90. The third-order valence-corrected chi connectivity index (χ3v) is 3.10. The minimum atomic E-state index is -1.73. The van der Waals surface area contributed by atoms with Crippen LogP contribution in [0.3, 0.4) is 0 Å². The lowest BCUT2D eigenvalue weighted by molar-refractivity contribution is 0.550. The fourth-order valence-corrected chi connectivity index (χ4v) is 1.85. The van der Waals surface area contributed by atoms with E-state index in [0.717, 1.165) is 10.0 Å². The zero-order valence-electron chi connectivity index (χ0n) is 7.24. The zero-order valence-corrected chi connectivity index (χ0v) is 9.64. The highest BCUT2D eigenvalue weighted by Crippen LogP contribution is 2.14. The molecule has 0 heterocycles. The van der Waals surface area contributed by atoms with Crippen LogP contribution in [-0.2, 0) is 17.5 Å². The Balaban J connectivity index is 2.69. The second-order valence-electron chi connectivity index (χ2n) is 2.92. The Morgan fingerprint density at radius 1 is 1.62 bits per heavy atom. The van der Waals surface area contributed by atoms with Gasteiger partial charge in [-0.1, -0.05) is 28.1 Å². The van der Waals surface area contributed by atoms with Crippen LogP contribution < -0.4 is 0 Å². The molecule has 0 radical (unpaired) electrons. The maximum atomic E-state index is 10.7. The minimum absolute atomic E-state index is 0.214. The van der Waals surface area contributed by atoms with Gasteiger partial charge in [0.05, 0.1) is 5.25 Å². The van der Waals surface area contributed by atoms with Crippen LogP contribution in [0.4, 0.5) is 0 Å². The maximum Gasteiger partial charge on any atom is 0.156 e. The van der Waals surface area contributed by atoms with Gasteiger partial charge in [-0.05, 0) is 31.0 Å². The van der Waals surface area contributed by atoms with Crippen molar-refractivity contribution in [3.05, 3.63) is 34.3 Å². The van der Waals surface area contributed by atoms with E-state index in [1.165, 1.54) is 0 Å². The molecule has 0 saturated carbocycles. The lowest BCUT2D eigenvalue weighted by Gasteiger charge is -2.06. The van der Waals surface area contributed by atoms with Crippen LogP contribution in [0.2, 0.25) is 0 Å². The van der Waals surface area contributed by atoms with Crippen molar-refractivity contribution in [3.63, 3.8) is 0 Å². The molecule has 0 aliphatic carbocycles. The van der Waals surface area contributed by atoms with E-state index in [1.807, 2.05) is 24.3 Å². The molecular weight excluding hydrogens is 252 g/mol. The average molecular weight is 263 g/mol. The average Bonchev–Trinajstić information content (AvgIpc) is 2.04. The Morgan fingerprint density at radius 2 is 2.31 bits per heavy atom. The molecule has 1 aromatic rings. The standard InChI is InChI=1S/C9H11BrO2S/c1-7(13(11)12)5-8-3-2-4-9(10)6-8/h2-4,6-7H,5H2,1H3,(H,11,12). The molecule has 0 aliphatic heterocycles. The van der Waals surface area contributed by atoms with Crippen molar-refractivity contribution in [1.29, 1.82) is 0 Å². The van der Waals surface area contributed by atoms with Crippen molar-refractivity contribution in [3.8, 4) is 0 Å². The molecule has 13 heavy (non-hydrogen) atoms. The van der Waals surface area contributed by atoms with E-state index in [1.54, 1.807) is 6.92 Å². The van der Waals surface area contributed by atoms with Crippen molar-refractivity contribution in [2.45, 2.75) is 18.6 Å². The molecule has 2 unspecified atom stereocenters. The molecule has 0 bridgehead atoms. The van der Waals surface area contributed by atoms with Crippen LogP contribution in [0.15, 0.2) is 28.7 Å². The molecule has 72 valence electrons. The molecular formula is C9H11BrO2S. The number of rotatable bonds is 3. The van der Waals surface area contributed by atoms with E-state index in [2.05, 4.69) is 15.9 Å². The Bertz CT molecular complexity index is 314. The highest BCUT2D eigenvalue weighted by Gasteiger charge is 2.08. The summed E-state index contributed by atoms with van der Waals surface area (Å²) in [6.07, 6.45) is 0.628. The van der Waals surface area contributed by atoms with Gasteiger partial charge >= 0.3 is 0 Å². The van der Waals surface area contributed by atoms with Crippen LogP contribution >= 0.6 is 15.9 Å². The summed E-state index contributed by atoms with van der Waals surface area (Å²) < 4.78 is 20.5. The summed E-state index contributed by atoms with van der Waals surface area (Å²) in [6, 6.07) is 7.77. The smallest absolute Gasteiger partial charge is 0.156 e. The van der Waals surface area contributed by atoms with Crippen molar-refractivity contribution >= 4 is 27.0 Å². The molecule has 1 N–H and O–H groups in total. The summed E-state index contributed by atoms with van der Waals surface area (Å²) in [6.45, 7) is 1.76. The SMILES string of the molecule is CC(Cc1cccc(Br)c1)S(=O)O. The van der Waals surface area contributed by atoms with E-state index >= 15 is 0 Å². The summed E-state index contributed by atoms with van der Waals surface area (Å²) in [5.41, 5.74) is 1.07. The first-order valence-electron chi connectivity index (χ1n) is 3.93. The molecule has 0 saturated heterocycles. The highest BCUT2D eigenvalue weighted by molar-refractivity contribution is 9.10. The fourth-order valence-electron chi connectivity index (χ4n) is 1.07. The third-order valence-electron chi connectivity index (χ3n) is 1.76. The quantitative estimate of drug-likeness (QED) is 0.851. The third kappa shape index (κ3) is 3.58. The van der Waals surface area contributed by atoms with Gasteiger partial charge in [-0.3, -0.25) is 0 Å². The van der Waals surface area contributed by atoms with E-state index in [9.17, 15) is 4.21 Å². The van der Waals surface area contributed by atoms with Crippen LogP contribution in [0, 0.1) is 0 Å². The molecule has 1 rings (SSSR count). The Labute approximate surface area is 88.8 Å². The maximum absolute atomic E-state index is 10.7. The van der Waals surface area contributed by atoms with E-state index in [-0.39, 0.29) is 5.25 Å². The van der Waals surface area contributed by atoms with Crippen LogP contribution in [0.1, 0.15) is 12.5 Å². The highest BCUT2D eigenvalue weighted by atomic mass is 79.9. The van der Waals surface area contributed by atoms with Gasteiger partial charge in [0.25, 0.3) is 0 Å². The molecule has 2 atom stereocenters. The van der Waals surface area contributed by atoms with E-state index < -0.39 is 11.1 Å². The second-order valence-corrected chi connectivity index (χ2v) is 5.19. The zero-order chi connectivity index (χ0) is 9.84. The topological polar surface area (TPSA) is 37.3 Å². The van der Waals surface area contributed by atoms with Gasteiger partial charge in [-0.15, -0.1) is 0 Å². The fraction of sp³-hybridized carbons (Fsp3) is 0.333. The molecule has 1 aromatic carbocycles. The van der Waals surface area contributed by atoms with Crippen molar-refractivity contribution in [2.24, 2.45) is 0 Å². The van der Waals surface area contributed by atoms with Crippen LogP contribution in [0.25, 0.3) is 0 Å². The van der Waals surface area contributed by atoms with Gasteiger partial charge in [0.2, 0.25) is 0 Å². The molecule has 0 aliphatic rings. The molecule has 0 spiro atoms. The van der Waals surface area contributed by atoms with Crippen LogP contribution in [-0.4, -0.2) is 14.0 Å². The largest absolute Gasteiger partial charge is 0.306 e. The van der Waals surface area contributed by atoms with Crippen molar-refractivity contribution in [2.75, 3.05) is 0 Å². The van der Waals surface area contributed by atoms with Gasteiger partial charge < -0.3 is 4.55 Å². The number of hydrogen-bond donors (Lipinski definition) is 1. The summed E-state index contributed by atoms with van der Waals surface area (Å²) in [4.78, 5) is 0. The predicted octanol–water partition coefficient (Wildman–Crippen LogP) is 2.60. The molecule has 0 aromatic heterocycles. The van der Waals surface area contributed by atoms with Crippen molar-refractivity contribution in [1.82, 2.24) is 0 Å². The Morgan fingerprint density at radius 3 is 2.85 bits per heavy atom. The monoisotopic (exact) mass is 262 g/mol. The lowest BCUT2D eigenvalue weighted by atomic mass is 10.1. The lowest BCUT2D eigenvalue weighted by Crippen LogP contribution is -2.12. The minimum Gasteiger partial charge on any atom is -0.306 e. The van der Waals surface area contributed by atoms with Gasteiger partial charge in [0.1, 0.15) is 0 Å². The number of halogens is 1. The van der Waals surface area contributed by atoms with Gasteiger partial charge in [0, 0.05) is 4.47 Å². The van der Waals surface area contributed by atoms with E-state index in [0.29, 0.717) is 6.42 Å². The summed E-state index contributed by atoms with van der Waals surface area (Å²) in [7, 11) is 0. The van der Waals surface area contributed by atoms with Gasteiger partial charge in [-0.25, -0.2) is 4.21 Å². The molecule has 4 heteroatoms. The second kappa shape index (κ2) is 4.88. The number of benzene rings is 1. The Kier molecular flexibility index (Phi) is 4.09. The molecule has 0 amide bonds. The van der Waals surface area contributed by atoms with Gasteiger partial charge in [0.15, 0.2) is 11.1 Å². The van der Waals surface area contributed by atoms with E-state index in [4.69, 9.17) is 4.55 Å². The first kappa shape index (κ1) is 10.9. The van der Waals surface area contributed by atoms with Gasteiger partial charge in [-0.2, -0.15) is 0 Å². The summed E-state index contributed by atoms with van der Waals surface area (Å²) in [5.74, 6) is 0. The van der Waals surface area contributed by atoms with Crippen LogP contribution in [0.5, 0.6) is 0 Å². The first-order chi connectivity index (χ1) is 6.09. The number of hydrogen-bond acceptors (Lipinski definition) is 1.